The Kier molecular flexibility index (Phi) is 6.25. The van der Waals surface area contributed by atoms with Crippen LogP contribution in [0, 0.1) is 6.92 Å². The van der Waals surface area contributed by atoms with E-state index in [4.69, 9.17) is 14.6 Å². The molecule has 3 N–H and O–H groups in total. The van der Waals surface area contributed by atoms with E-state index in [1.54, 1.807) is 7.11 Å². The van der Waals surface area contributed by atoms with Gasteiger partial charge in [0.1, 0.15) is 13.2 Å². The number of aryl methyl sites for hydroxylation is 1. The molecule has 0 bridgehead atoms. The van der Waals surface area contributed by atoms with Crippen LogP contribution in [0.15, 0.2) is 42.5 Å². The van der Waals surface area contributed by atoms with Gasteiger partial charge in [0.25, 0.3) is 0 Å². The summed E-state index contributed by atoms with van der Waals surface area (Å²) in [5.74, 6) is 1.52. The lowest BCUT2D eigenvalue weighted by atomic mass is 10.1. The van der Waals surface area contributed by atoms with Crippen LogP contribution in [0.2, 0.25) is 0 Å². The van der Waals surface area contributed by atoms with Gasteiger partial charge in [0.15, 0.2) is 11.5 Å². The van der Waals surface area contributed by atoms with Crippen molar-refractivity contribution in [3.05, 3.63) is 59.2 Å². The average molecular weight is 302 g/mol. The fourth-order valence-corrected chi connectivity index (χ4v) is 2.24. The van der Waals surface area contributed by atoms with Crippen LogP contribution in [0.1, 0.15) is 16.7 Å². The van der Waals surface area contributed by atoms with Crippen molar-refractivity contribution in [2.24, 2.45) is 0 Å². The topological polar surface area (TPSA) is 55.3 Å². The molecule has 2 rings (SSSR count). The van der Waals surface area contributed by atoms with Crippen LogP contribution in [-0.2, 0) is 13.2 Å². The Morgan fingerprint density at radius 3 is 2.55 bits per heavy atom. The Hall–Kier alpha value is -2.04. The second-order valence-corrected chi connectivity index (χ2v) is 5.23. The predicted octanol–water partition coefficient (Wildman–Crippen LogP) is 1.64. The number of methoxy groups -OCH3 is 1. The lowest BCUT2D eigenvalue weighted by Gasteiger charge is -2.14. The van der Waals surface area contributed by atoms with Gasteiger partial charge >= 0.3 is 0 Å². The summed E-state index contributed by atoms with van der Waals surface area (Å²) in [5, 5.41) is 11.0. The van der Waals surface area contributed by atoms with Crippen molar-refractivity contribution >= 4 is 0 Å². The third kappa shape index (κ3) is 4.48. The third-order valence-electron chi connectivity index (χ3n) is 3.48. The van der Waals surface area contributed by atoms with E-state index in [1.165, 1.54) is 5.56 Å². The molecule has 2 aromatic carbocycles. The largest absolute Gasteiger partial charge is 0.493 e. The number of quaternary nitrogens is 1. The number of para-hydroxylation sites is 1. The second kappa shape index (κ2) is 8.41. The minimum absolute atomic E-state index is 0.170. The van der Waals surface area contributed by atoms with Crippen molar-refractivity contribution in [2.75, 3.05) is 20.3 Å². The Morgan fingerprint density at radius 1 is 1.09 bits per heavy atom. The first-order valence-corrected chi connectivity index (χ1v) is 7.51. The molecule has 0 unspecified atom stereocenters. The molecule has 118 valence electrons. The zero-order valence-corrected chi connectivity index (χ0v) is 13.2. The monoisotopic (exact) mass is 302 g/mol. The summed E-state index contributed by atoms with van der Waals surface area (Å²) >= 11 is 0. The van der Waals surface area contributed by atoms with Crippen LogP contribution in [0.5, 0.6) is 11.5 Å². The average Bonchev–Trinajstić information content (AvgIpc) is 2.55. The molecule has 0 aliphatic rings. The lowest BCUT2D eigenvalue weighted by Crippen LogP contribution is -2.83. The van der Waals surface area contributed by atoms with Crippen molar-refractivity contribution in [3.8, 4) is 11.5 Å². The molecule has 22 heavy (non-hydrogen) atoms. The Labute approximate surface area is 131 Å². The summed E-state index contributed by atoms with van der Waals surface area (Å²) in [6.45, 7) is 4.17. The van der Waals surface area contributed by atoms with Gasteiger partial charge in [-0.3, -0.25) is 0 Å². The normalized spacial score (nSPS) is 10.5. The number of ether oxygens (including phenoxy) is 2. The quantitative estimate of drug-likeness (QED) is 0.729. The highest BCUT2D eigenvalue weighted by atomic mass is 16.5. The van der Waals surface area contributed by atoms with E-state index in [1.807, 2.05) is 23.5 Å². The smallest absolute Gasteiger partial charge is 0.170 e. The van der Waals surface area contributed by atoms with E-state index in [2.05, 4.69) is 31.2 Å². The second-order valence-electron chi connectivity index (χ2n) is 5.23. The van der Waals surface area contributed by atoms with Gasteiger partial charge in [0.05, 0.1) is 25.8 Å². The molecule has 0 atom stereocenters. The van der Waals surface area contributed by atoms with E-state index < -0.39 is 0 Å². The van der Waals surface area contributed by atoms with Crippen LogP contribution in [0.4, 0.5) is 0 Å². The summed E-state index contributed by atoms with van der Waals surface area (Å²) in [6.07, 6.45) is 0. The van der Waals surface area contributed by atoms with Crippen LogP contribution >= 0.6 is 0 Å². The molecule has 0 amide bonds. The molecule has 0 heterocycles. The number of hydrogen-bond donors (Lipinski definition) is 2. The van der Waals surface area contributed by atoms with Crippen molar-refractivity contribution in [3.63, 3.8) is 0 Å². The molecule has 0 spiro atoms. The van der Waals surface area contributed by atoms with Gasteiger partial charge in [-0.25, -0.2) is 0 Å². The van der Waals surface area contributed by atoms with Crippen molar-refractivity contribution in [2.45, 2.75) is 20.1 Å². The molecule has 4 nitrogen and oxygen atoms in total. The number of aliphatic hydroxyl groups is 1. The van der Waals surface area contributed by atoms with Crippen molar-refractivity contribution in [1.29, 1.82) is 0 Å². The fraction of sp³-hybridized carbons (Fsp3) is 0.333. The fourth-order valence-electron chi connectivity index (χ4n) is 2.24. The Morgan fingerprint density at radius 2 is 1.86 bits per heavy atom. The summed E-state index contributed by atoms with van der Waals surface area (Å²) in [6, 6.07) is 14.2. The lowest BCUT2D eigenvalue weighted by molar-refractivity contribution is -0.671. The number of benzene rings is 2. The molecule has 0 aliphatic carbocycles. The highest BCUT2D eigenvalue weighted by Crippen LogP contribution is 2.31. The van der Waals surface area contributed by atoms with Gasteiger partial charge in [0, 0.05) is 0 Å². The first-order valence-electron chi connectivity index (χ1n) is 7.51. The predicted molar refractivity (Wildman–Crippen MR) is 86.1 cm³/mol. The summed E-state index contributed by atoms with van der Waals surface area (Å²) in [5.41, 5.74) is 3.43. The minimum Gasteiger partial charge on any atom is -0.493 e. The number of nitrogens with two attached hydrogens (primary N) is 1. The summed E-state index contributed by atoms with van der Waals surface area (Å²) in [4.78, 5) is 0. The zero-order valence-electron chi connectivity index (χ0n) is 13.2. The molecule has 2 aromatic rings. The van der Waals surface area contributed by atoms with E-state index in [0.29, 0.717) is 13.2 Å². The maximum Gasteiger partial charge on any atom is 0.170 e. The molecule has 0 aromatic heterocycles. The molecule has 0 fully saturated rings. The van der Waals surface area contributed by atoms with E-state index in [-0.39, 0.29) is 6.61 Å². The van der Waals surface area contributed by atoms with Crippen molar-refractivity contribution in [1.82, 2.24) is 0 Å². The van der Waals surface area contributed by atoms with Gasteiger partial charge in [0.2, 0.25) is 0 Å². The molecule has 4 heteroatoms. The number of rotatable bonds is 8. The summed E-state index contributed by atoms with van der Waals surface area (Å²) < 4.78 is 11.4. The number of aliphatic hydroxyl groups excluding tert-OH is 1. The maximum atomic E-state index is 8.90. The maximum absolute atomic E-state index is 8.90. The zero-order chi connectivity index (χ0) is 15.8. The van der Waals surface area contributed by atoms with Crippen LogP contribution < -0.4 is 14.8 Å². The van der Waals surface area contributed by atoms with Gasteiger partial charge in [-0.15, -0.1) is 0 Å². The summed E-state index contributed by atoms with van der Waals surface area (Å²) in [7, 11) is 1.65. The SMILES string of the molecule is COc1cccc(C[NH2+]CCO)c1OCc1ccc(C)cc1. The van der Waals surface area contributed by atoms with Crippen LogP contribution in [0.25, 0.3) is 0 Å². The highest BCUT2D eigenvalue weighted by Gasteiger charge is 2.12. The third-order valence-corrected chi connectivity index (χ3v) is 3.48. The molecule has 0 radical (unpaired) electrons. The van der Waals surface area contributed by atoms with E-state index in [9.17, 15) is 0 Å². The molecule has 0 saturated heterocycles. The van der Waals surface area contributed by atoms with Gasteiger partial charge < -0.3 is 19.9 Å². The molecular weight excluding hydrogens is 278 g/mol. The van der Waals surface area contributed by atoms with Gasteiger partial charge in [-0.2, -0.15) is 0 Å². The van der Waals surface area contributed by atoms with Gasteiger partial charge in [-0.05, 0) is 24.6 Å². The van der Waals surface area contributed by atoms with E-state index in [0.717, 1.165) is 29.2 Å². The molecular formula is C18H24NO3+. The highest BCUT2D eigenvalue weighted by molar-refractivity contribution is 5.46. The Balaban J connectivity index is 2.11. The van der Waals surface area contributed by atoms with Gasteiger partial charge in [-0.1, -0.05) is 35.9 Å². The standard InChI is InChI=1S/C18H23NO3/c1-14-6-8-15(9-7-14)13-22-18-16(12-19-10-11-20)4-3-5-17(18)21-2/h3-9,19-20H,10-13H2,1-2H3/p+1. The molecule has 0 saturated carbocycles. The first kappa shape index (κ1) is 16.3. The van der Waals surface area contributed by atoms with Crippen molar-refractivity contribution < 1.29 is 19.9 Å². The van der Waals surface area contributed by atoms with Crippen LogP contribution in [-0.4, -0.2) is 25.4 Å². The van der Waals surface area contributed by atoms with E-state index >= 15 is 0 Å². The number of hydrogen-bond acceptors (Lipinski definition) is 3. The first-order chi connectivity index (χ1) is 10.7. The van der Waals surface area contributed by atoms with Crippen LogP contribution in [0.3, 0.4) is 0 Å². The minimum atomic E-state index is 0.170. The molecule has 0 aliphatic heterocycles. The Bertz CT molecular complexity index is 581.